The van der Waals surface area contributed by atoms with Gasteiger partial charge < -0.3 is 10.6 Å². The Morgan fingerprint density at radius 3 is 3.00 bits per heavy atom. The van der Waals surface area contributed by atoms with E-state index in [1.165, 1.54) is 0 Å². The van der Waals surface area contributed by atoms with Crippen molar-refractivity contribution in [2.75, 3.05) is 5.32 Å². The van der Waals surface area contributed by atoms with E-state index in [9.17, 15) is 4.79 Å². The molecule has 1 aromatic rings. The molecule has 2 amide bonds. The molecule has 1 aromatic heterocycles. The summed E-state index contributed by atoms with van der Waals surface area (Å²) in [4.78, 5) is 12.0. The van der Waals surface area contributed by atoms with Crippen LogP contribution in [0.4, 0.5) is 10.5 Å². The van der Waals surface area contributed by atoms with Gasteiger partial charge in [0.05, 0.1) is 17.6 Å². The van der Waals surface area contributed by atoms with E-state index in [0.29, 0.717) is 6.04 Å². The third-order valence-corrected chi connectivity index (χ3v) is 3.91. The van der Waals surface area contributed by atoms with Crippen LogP contribution in [0, 0.1) is 6.92 Å². The Morgan fingerprint density at radius 1 is 1.55 bits per heavy atom. The largest absolute Gasteiger partial charge is 0.335 e. The van der Waals surface area contributed by atoms with Gasteiger partial charge >= 0.3 is 6.03 Å². The fourth-order valence-corrected chi connectivity index (χ4v) is 2.43. The number of aromatic nitrogens is 2. The number of hydrogen-bond acceptors (Lipinski definition) is 2. The molecule has 5 heteroatoms. The summed E-state index contributed by atoms with van der Waals surface area (Å²) >= 11 is 0. The predicted molar refractivity (Wildman–Crippen MR) is 80.9 cm³/mol. The highest BCUT2D eigenvalue weighted by Gasteiger charge is 2.16. The van der Waals surface area contributed by atoms with Gasteiger partial charge in [-0.1, -0.05) is 19.1 Å². The molecular formula is C15H24N4O. The predicted octanol–water partition coefficient (Wildman–Crippen LogP) is 3.39. The van der Waals surface area contributed by atoms with Crippen LogP contribution >= 0.6 is 0 Å². The maximum Gasteiger partial charge on any atom is 0.319 e. The fraction of sp³-hybridized carbons (Fsp3) is 0.600. The van der Waals surface area contributed by atoms with Crippen LogP contribution in [-0.2, 0) is 0 Å². The molecule has 2 rings (SSSR count). The van der Waals surface area contributed by atoms with E-state index < -0.39 is 0 Å². The van der Waals surface area contributed by atoms with Crippen LogP contribution in [0.5, 0.6) is 0 Å². The van der Waals surface area contributed by atoms with Gasteiger partial charge in [-0.05, 0) is 39.5 Å². The van der Waals surface area contributed by atoms with Gasteiger partial charge in [0.1, 0.15) is 0 Å². The maximum atomic E-state index is 12.0. The smallest absolute Gasteiger partial charge is 0.319 e. The molecule has 2 unspecified atom stereocenters. The molecule has 0 spiro atoms. The zero-order valence-electron chi connectivity index (χ0n) is 12.5. The average molecular weight is 276 g/mol. The third-order valence-electron chi connectivity index (χ3n) is 3.91. The summed E-state index contributed by atoms with van der Waals surface area (Å²) < 4.78 is 1.96. The molecule has 0 saturated carbocycles. The monoisotopic (exact) mass is 276 g/mol. The van der Waals surface area contributed by atoms with E-state index in [4.69, 9.17) is 0 Å². The Labute approximate surface area is 120 Å². The number of nitrogens with zero attached hydrogens (tertiary/aromatic N) is 2. The third kappa shape index (κ3) is 3.40. The first-order valence-corrected chi connectivity index (χ1v) is 7.38. The summed E-state index contributed by atoms with van der Waals surface area (Å²) in [6.45, 7) is 6.23. The van der Waals surface area contributed by atoms with Crippen molar-refractivity contribution in [3.63, 3.8) is 0 Å². The van der Waals surface area contributed by atoms with Crippen molar-refractivity contribution in [3.05, 3.63) is 24.0 Å². The highest BCUT2D eigenvalue weighted by atomic mass is 16.2. The zero-order valence-corrected chi connectivity index (χ0v) is 12.5. The van der Waals surface area contributed by atoms with Gasteiger partial charge in [-0.3, -0.25) is 4.68 Å². The van der Waals surface area contributed by atoms with Crippen LogP contribution in [0.2, 0.25) is 0 Å². The zero-order chi connectivity index (χ0) is 14.5. The normalized spacial score (nSPS) is 19.6. The molecule has 2 N–H and O–H groups in total. The SMILES string of the molecule is CCC(C)n1ncc(NC(=O)NC2CC=CCC2)c1C. The van der Waals surface area contributed by atoms with Crippen LogP contribution in [0.15, 0.2) is 18.3 Å². The number of amides is 2. The van der Waals surface area contributed by atoms with E-state index >= 15 is 0 Å². The van der Waals surface area contributed by atoms with Gasteiger partial charge in [0, 0.05) is 12.1 Å². The molecule has 0 saturated heterocycles. The van der Waals surface area contributed by atoms with Gasteiger partial charge in [-0.2, -0.15) is 5.10 Å². The topological polar surface area (TPSA) is 59.0 Å². The summed E-state index contributed by atoms with van der Waals surface area (Å²) in [6.07, 6.45) is 9.99. The molecule has 110 valence electrons. The van der Waals surface area contributed by atoms with Crippen LogP contribution in [0.25, 0.3) is 0 Å². The van der Waals surface area contributed by atoms with Gasteiger partial charge in [0.2, 0.25) is 0 Å². The average Bonchev–Trinajstić information content (AvgIpc) is 2.80. The Kier molecular flexibility index (Phi) is 4.82. The van der Waals surface area contributed by atoms with Crippen molar-refractivity contribution in [3.8, 4) is 0 Å². The molecule has 5 nitrogen and oxygen atoms in total. The number of urea groups is 1. The minimum absolute atomic E-state index is 0.142. The lowest BCUT2D eigenvalue weighted by atomic mass is 10.0. The molecule has 20 heavy (non-hydrogen) atoms. The maximum absolute atomic E-state index is 12.0. The Morgan fingerprint density at radius 2 is 2.35 bits per heavy atom. The number of allylic oxidation sites excluding steroid dienone is 1. The molecule has 0 radical (unpaired) electrons. The minimum atomic E-state index is -0.142. The molecule has 1 aliphatic rings. The number of hydrogen-bond donors (Lipinski definition) is 2. The second kappa shape index (κ2) is 6.59. The van der Waals surface area contributed by atoms with Crippen LogP contribution in [-0.4, -0.2) is 21.9 Å². The molecule has 2 atom stereocenters. The summed E-state index contributed by atoms with van der Waals surface area (Å²) in [6, 6.07) is 0.444. The van der Waals surface area contributed by atoms with Gasteiger partial charge in [-0.15, -0.1) is 0 Å². The van der Waals surface area contributed by atoms with Crippen molar-refractivity contribution < 1.29 is 4.79 Å². The first kappa shape index (κ1) is 14.6. The Bertz CT molecular complexity index is 492. The van der Waals surface area contributed by atoms with Crippen LogP contribution in [0.3, 0.4) is 0 Å². The highest BCUT2D eigenvalue weighted by Crippen LogP contribution is 2.19. The second-order valence-corrected chi connectivity index (χ2v) is 5.43. The van der Waals surface area contributed by atoms with Crippen molar-refractivity contribution in [2.24, 2.45) is 0 Å². The number of carbonyl (C=O) groups excluding carboxylic acids is 1. The van der Waals surface area contributed by atoms with Crippen molar-refractivity contribution >= 4 is 11.7 Å². The molecule has 1 heterocycles. The summed E-state index contributed by atoms with van der Waals surface area (Å²) in [5.74, 6) is 0. The van der Waals surface area contributed by atoms with E-state index in [-0.39, 0.29) is 12.1 Å². The lowest BCUT2D eigenvalue weighted by molar-refractivity contribution is 0.247. The molecule has 1 aliphatic carbocycles. The summed E-state index contributed by atoms with van der Waals surface area (Å²) in [5, 5.41) is 10.3. The number of rotatable bonds is 4. The lowest BCUT2D eigenvalue weighted by Gasteiger charge is -2.19. The second-order valence-electron chi connectivity index (χ2n) is 5.43. The molecule has 0 aromatic carbocycles. The number of anilines is 1. The van der Waals surface area contributed by atoms with Crippen LogP contribution in [0.1, 0.15) is 51.3 Å². The summed E-state index contributed by atoms with van der Waals surface area (Å²) in [7, 11) is 0. The van der Waals surface area contributed by atoms with E-state index in [1.807, 2.05) is 11.6 Å². The van der Waals surface area contributed by atoms with Crippen molar-refractivity contribution in [1.29, 1.82) is 0 Å². The van der Waals surface area contributed by atoms with Crippen molar-refractivity contribution in [1.82, 2.24) is 15.1 Å². The molecule has 0 bridgehead atoms. The van der Waals surface area contributed by atoms with E-state index in [0.717, 1.165) is 37.1 Å². The van der Waals surface area contributed by atoms with Crippen molar-refractivity contribution in [2.45, 2.75) is 58.5 Å². The van der Waals surface area contributed by atoms with E-state index in [1.54, 1.807) is 6.20 Å². The number of carbonyl (C=O) groups is 1. The summed E-state index contributed by atoms with van der Waals surface area (Å²) in [5.41, 5.74) is 1.78. The van der Waals surface area contributed by atoms with Gasteiger partial charge in [-0.25, -0.2) is 4.79 Å². The minimum Gasteiger partial charge on any atom is -0.335 e. The number of nitrogens with one attached hydrogen (secondary N) is 2. The highest BCUT2D eigenvalue weighted by molar-refractivity contribution is 5.89. The van der Waals surface area contributed by atoms with Crippen LogP contribution < -0.4 is 10.6 Å². The first-order chi connectivity index (χ1) is 9.61. The standard InChI is InChI=1S/C15H24N4O/c1-4-11(2)19-12(3)14(10-16-19)18-15(20)17-13-8-6-5-7-9-13/h5-6,10-11,13H,4,7-9H2,1-3H3,(H2,17,18,20). The Balaban J connectivity index is 1.94. The Hall–Kier alpha value is -1.78. The molecule has 0 aliphatic heterocycles. The lowest BCUT2D eigenvalue weighted by Crippen LogP contribution is -2.38. The molecule has 0 fully saturated rings. The molecular weight excluding hydrogens is 252 g/mol. The quantitative estimate of drug-likeness (QED) is 0.828. The van der Waals surface area contributed by atoms with Gasteiger partial charge in [0.15, 0.2) is 0 Å². The van der Waals surface area contributed by atoms with Gasteiger partial charge in [0.25, 0.3) is 0 Å². The van der Waals surface area contributed by atoms with E-state index in [2.05, 4.69) is 41.7 Å². The first-order valence-electron chi connectivity index (χ1n) is 7.38. The fourth-order valence-electron chi connectivity index (χ4n) is 2.43.